The molecule has 2 aromatic rings. The first kappa shape index (κ1) is 11.6. The number of carboxylic acids is 1. The number of carboxylic acid groups (broad SMARTS) is 1. The van der Waals surface area contributed by atoms with E-state index in [4.69, 9.17) is 5.11 Å². The molecule has 0 aliphatic carbocycles. The van der Waals surface area contributed by atoms with Crippen molar-refractivity contribution in [3.63, 3.8) is 0 Å². The Morgan fingerprint density at radius 2 is 2.06 bits per heavy atom. The summed E-state index contributed by atoms with van der Waals surface area (Å²) in [4.78, 5) is 18.1. The molecular weight excluding hydrogens is 216 g/mol. The van der Waals surface area contributed by atoms with Gasteiger partial charge in [-0.1, -0.05) is 0 Å². The van der Waals surface area contributed by atoms with Crippen LogP contribution < -0.4 is 0 Å². The van der Waals surface area contributed by atoms with Crippen LogP contribution in [0, 0.1) is 13.8 Å². The summed E-state index contributed by atoms with van der Waals surface area (Å²) in [6.07, 6.45) is 1.49. The quantitative estimate of drug-likeness (QED) is 0.851. The zero-order valence-corrected chi connectivity index (χ0v) is 10.1. The van der Waals surface area contributed by atoms with Crippen LogP contribution in [-0.2, 0) is 11.2 Å². The van der Waals surface area contributed by atoms with Crippen LogP contribution in [0.25, 0.3) is 11.0 Å². The molecule has 0 fully saturated rings. The van der Waals surface area contributed by atoms with Crippen molar-refractivity contribution in [1.29, 1.82) is 0 Å². The molecule has 4 nitrogen and oxygen atoms in total. The van der Waals surface area contributed by atoms with Gasteiger partial charge in [-0.15, -0.1) is 0 Å². The van der Waals surface area contributed by atoms with Gasteiger partial charge in [0.2, 0.25) is 0 Å². The minimum atomic E-state index is -0.757. The van der Waals surface area contributed by atoms with Gasteiger partial charge in [0.05, 0.1) is 11.0 Å². The molecule has 0 spiro atoms. The summed E-state index contributed by atoms with van der Waals surface area (Å²) in [5.74, 6) is 0.110. The molecule has 0 radical (unpaired) electrons. The predicted molar refractivity (Wildman–Crippen MR) is 66.1 cm³/mol. The lowest BCUT2D eigenvalue weighted by atomic mass is 10.1. The molecule has 1 heterocycles. The number of aliphatic carboxylic acids is 1. The highest BCUT2D eigenvalue weighted by atomic mass is 16.4. The van der Waals surface area contributed by atoms with Crippen LogP contribution in [0.4, 0.5) is 0 Å². The number of hydrogen-bond donors (Lipinski definition) is 2. The van der Waals surface area contributed by atoms with Gasteiger partial charge >= 0.3 is 5.97 Å². The van der Waals surface area contributed by atoms with E-state index < -0.39 is 5.97 Å². The van der Waals surface area contributed by atoms with E-state index >= 15 is 0 Å². The van der Waals surface area contributed by atoms with E-state index in [1.54, 1.807) is 0 Å². The average molecular weight is 232 g/mol. The molecule has 0 aliphatic rings. The largest absolute Gasteiger partial charge is 0.481 e. The van der Waals surface area contributed by atoms with Crippen molar-refractivity contribution in [1.82, 2.24) is 9.97 Å². The smallest absolute Gasteiger partial charge is 0.303 e. The molecule has 0 saturated carbocycles. The summed E-state index contributed by atoms with van der Waals surface area (Å²) in [6, 6.07) is 4.14. The van der Waals surface area contributed by atoms with Gasteiger partial charge in [0, 0.05) is 12.8 Å². The van der Waals surface area contributed by atoms with E-state index in [9.17, 15) is 4.79 Å². The fourth-order valence-electron chi connectivity index (χ4n) is 1.85. The lowest BCUT2D eigenvalue weighted by Crippen LogP contribution is -1.96. The third kappa shape index (κ3) is 2.64. The standard InChI is InChI=1S/C13H16N2O2/c1-8-6-10-11(7-9(8)2)15-12(14-10)4-3-5-13(16)17/h6-7H,3-5H2,1-2H3,(H,14,15)(H,16,17). The minimum absolute atomic E-state index is 0.190. The molecule has 90 valence electrons. The number of H-pyrrole nitrogens is 1. The van der Waals surface area contributed by atoms with Crippen molar-refractivity contribution in [2.75, 3.05) is 0 Å². The second-order valence-corrected chi connectivity index (χ2v) is 4.38. The van der Waals surface area contributed by atoms with Crippen molar-refractivity contribution < 1.29 is 9.90 Å². The van der Waals surface area contributed by atoms with Crippen LogP contribution >= 0.6 is 0 Å². The maximum atomic E-state index is 10.4. The highest BCUT2D eigenvalue weighted by Gasteiger charge is 2.05. The van der Waals surface area contributed by atoms with Crippen LogP contribution in [0.3, 0.4) is 0 Å². The summed E-state index contributed by atoms with van der Waals surface area (Å²) in [6.45, 7) is 4.13. The third-order valence-corrected chi connectivity index (χ3v) is 2.95. The second-order valence-electron chi connectivity index (χ2n) is 4.38. The zero-order chi connectivity index (χ0) is 12.4. The van der Waals surface area contributed by atoms with Gasteiger partial charge in [0.1, 0.15) is 5.82 Å². The Balaban J connectivity index is 2.17. The molecule has 1 aromatic carbocycles. The van der Waals surface area contributed by atoms with Gasteiger partial charge in [0.25, 0.3) is 0 Å². The van der Waals surface area contributed by atoms with Crippen molar-refractivity contribution in [2.45, 2.75) is 33.1 Å². The molecule has 17 heavy (non-hydrogen) atoms. The SMILES string of the molecule is Cc1cc2nc(CCCC(=O)O)[nH]c2cc1C. The van der Waals surface area contributed by atoms with Crippen LogP contribution in [0.5, 0.6) is 0 Å². The molecule has 0 bridgehead atoms. The van der Waals surface area contributed by atoms with Crippen molar-refractivity contribution in [3.8, 4) is 0 Å². The Kier molecular flexibility index (Phi) is 3.13. The maximum Gasteiger partial charge on any atom is 0.303 e. The molecule has 0 saturated heterocycles. The van der Waals surface area contributed by atoms with Crippen molar-refractivity contribution in [2.24, 2.45) is 0 Å². The lowest BCUT2D eigenvalue weighted by Gasteiger charge is -1.97. The number of aromatic amines is 1. The fourth-order valence-corrected chi connectivity index (χ4v) is 1.85. The van der Waals surface area contributed by atoms with Crippen LogP contribution in [0.2, 0.25) is 0 Å². The molecule has 0 unspecified atom stereocenters. The second kappa shape index (κ2) is 4.57. The number of hydrogen-bond acceptors (Lipinski definition) is 2. The summed E-state index contributed by atoms with van der Waals surface area (Å²) in [7, 11) is 0. The summed E-state index contributed by atoms with van der Waals surface area (Å²) >= 11 is 0. The highest BCUT2D eigenvalue weighted by Crippen LogP contribution is 2.17. The van der Waals surface area contributed by atoms with Gasteiger partial charge < -0.3 is 10.1 Å². The monoisotopic (exact) mass is 232 g/mol. The Morgan fingerprint density at radius 1 is 1.35 bits per heavy atom. The van der Waals surface area contributed by atoms with E-state index in [1.165, 1.54) is 11.1 Å². The number of aryl methyl sites for hydroxylation is 3. The maximum absolute atomic E-state index is 10.4. The molecule has 0 aliphatic heterocycles. The average Bonchev–Trinajstić information content (AvgIpc) is 2.60. The Hall–Kier alpha value is -1.84. The number of aromatic nitrogens is 2. The zero-order valence-electron chi connectivity index (χ0n) is 10.1. The normalized spacial score (nSPS) is 10.9. The number of rotatable bonds is 4. The predicted octanol–water partition coefficient (Wildman–Crippen LogP) is 2.59. The fraction of sp³-hybridized carbons (Fsp3) is 0.385. The number of nitrogens with zero attached hydrogens (tertiary/aromatic N) is 1. The van der Waals surface area contributed by atoms with Crippen molar-refractivity contribution >= 4 is 17.0 Å². The first-order valence-electron chi connectivity index (χ1n) is 5.74. The van der Waals surface area contributed by atoms with E-state index in [0.29, 0.717) is 12.8 Å². The summed E-state index contributed by atoms with van der Waals surface area (Å²) < 4.78 is 0. The molecule has 0 atom stereocenters. The Labute approximate surface area is 99.7 Å². The van der Waals surface area contributed by atoms with Gasteiger partial charge in [-0.3, -0.25) is 4.79 Å². The topological polar surface area (TPSA) is 66.0 Å². The van der Waals surface area contributed by atoms with E-state index in [2.05, 4.69) is 35.9 Å². The first-order valence-corrected chi connectivity index (χ1v) is 5.74. The van der Waals surface area contributed by atoms with Gasteiger partial charge in [0.15, 0.2) is 0 Å². The van der Waals surface area contributed by atoms with E-state index in [1.807, 2.05) is 0 Å². The highest BCUT2D eigenvalue weighted by molar-refractivity contribution is 5.77. The summed E-state index contributed by atoms with van der Waals surface area (Å²) in [5, 5.41) is 8.57. The van der Waals surface area contributed by atoms with Gasteiger partial charge in [-0.2, -0.15) is 0 Å². The van der Waals surface area contributed by atoms with Gasteiger partial charge in [-0.25, -0.2) is 4.98 Å². The molecule has 2 rings (SSSR count). The molecular formula is C13H16N2O2. The molecule has 2 N–H and O–H groups in total. The number of imidazole rings is 1. The number of benzene rings is 1. The number of nitrogens with one attached hydrogen (secondary N) is 1. The number of fused-ring (bicyclic) bond motifs is 1. The van der Waals surface area contributed by atoms with Gasteiger partial charge in [-0.05, 0) is 43.5 Å². The summed E-state index contributed by atoms with van der Waals surface area (Å²) in [5.41, 5.74) is 4.44. The van der Waals surface area contributed by atoms with E-state index in [0.717, 1.165) is 16.9 Å². The van der Waals surface area contributed by atoms with Crippen molar-refractivity contribution in [3.05, 3.63) is 29.1 Å². The Morgan fingerprint density at radius 3 is 2.76 bits per heavy atom. The molecule has 4 heteroatoms. The minimum Gasteiger partial charge on any atom is -0.481 e. The first-order chi connectivity index (χ1) is 8.06. The van der Waals surface area contributed by atoms with Crippen LogP contribution in [-0.4, -0.2) is 21.0 Å². The number of carbonyl (C=O) groups is 1. The van der Waals surface area contributed by atoms with Crippen LogP contribution in [0.15, 0.2) is 12.1 Å². The third-order valence-electron chi connectivity index (χ3n) is 2.95. The van der Waals surface area contributed by atoms with E-state index in [-0.39, 0.29) is 6.42 Å². The van der Waals surface area contributed by atoms with Crippen LogP contribution in [0.1, 0.15) is 29.8 Å². The molecule has 0 amide bonds. The molecule has 1 aromatic heterocycles. The Bertz CT molecular complexity index is 519. The lowest BCUT2D eigenvalue weighted by molar-refractivity contribution is -0.137.